The molecule has 0 aliphatic carbocycles. The van der Waals surface area contributed by atoms with Crippen LogP contribution in [-0.4, -0.2) is 36.8 Å². The van der Waals surface area contributed by atoms with Crippen molar-refractivity contribution in [1.29, 1.82) is 0 Å². The van der Waals surface area contributed by atoms with E-state index in [9.17, 15) is 14.3 Å². The summed E-state index contributed by atoms with van der Waals surface area (Å²) in [6, 6.07) is 3.74. The van der Waals surface area contributed by atoms with Crippen LogP contribution < -0.4 is 10.6 Å². The van der Waals surface area contributed by atoms with Gasteiger partial charge in [-0.05, 0) is 13.0 Å². The molecule has 6 heteroatoms. The molecule has 1 heterocycles. The number of primary amides is 1. The molecular formula is C13H17FN2O3. The molecule has 1 aliphatic rings. The number of carbonyl (C=O) groups is 1. The molecule has 1 saturated heterocycles. The van der Waals surface area contributed by atoms with E-state index in [2.05, 4.69) is 0 Å². The first-order chi connectivity index (χ1) is 9.02. The minimum Gasteiger partial charge on any atom is -0.389 e. The van der Waals surface area contributed by atoms with E-state index in [0.29, 0.717) is 18.7 Å². The third kappa shape index (κ3) is 2.69. The summed E-state index contributed by atoms with van der Waals surface area (Å²) in [5.41, 5.74) is 5.99. The van der Waals surface area contributed by atoms with E-state index in [1.165, 1.54) is 12.1 Å². The molecule has 0 aromatic heterocycles. The Labute approximate surface area is 110 Å². The Morgan fingerprint density at radius 1 is 1.63 bits per heavy atom. The van der Waals surface area contributed by atoms with Gasteiger partial charge in [-0.25, -0.2) is 4.39 Å². The van der Waals surface area contributed by atoms with E-state index >= 15 is 0 Å². The first-order valence-corrected chi connectivity index (χ1v) is 6.12. The lowest BCUT2D eigenvalue weighted by molar-refractivity contribution is -0.121. The molecule has 1 unspecified atom stereocenters. The van der Waals surface area contributed by atoms with Crippen molar-refractivity contribution in [3.8, 4) is 0 Å². The third-order valence-electron chi connectivity index (χ3n) is 3.21. The summed E-state index contributed by atoms with van der Waals surface area (Å²) in [7, 11) is 0. The standard InChI is InChI=1S/C13H17FN2O3/c1-8(17)9-3-2-4-10(14)12(9)16-5-6-19-7-11(16)13(15)18/h2-4,8,11,17H,5-7H2,1H3,(H2,15,18)/t8-,11?/m0/s1. The monoisotopic (exact) mass is 268 g/mol. The number of nitrogens with zero attached hydrogens (tertiary/aromatic N) is 1. The molecule has 19 heavy (non-hydrogen) atoms. The number of ether oxygens (including phenoxy) is 1. The van der Waals surface area contributed by atoms with Gasteiger partial charge in [0.05, 0.1) is 25.0 Å². The first kappa shape index (κ1) is 13.8. The van der Waals surface area contributed by atoms with Gasteiger partial charge < -0.3 is 20.5 Å². The van der Waals surface area contributed by atoms with Gasteiger partial charge in [-0.15, -0.1) is 0 Å². The summed E-state index contributed by atoms with van der Waals surface area (Å²) < 4.78 is 19.3. The molecule has 1 fully saturated rings. The van der Waals surface area contributed by atoms with Crippen molar-refractivity contribution < 1.29 is 19.0 Å². The van der Waals surface area contributed by atoms with Gasteiger partial charge >= 0.3 is 0 Å². The van der Waals surface area contributed by atoms with Crippen LogP contribution >= 0.6 is 0 Å². The molecule has 1 aromatic carbocycles. The van der Waals surface area contributed by atoms with E-state index in [0.717, 1.165) is 0 Å². The number of carbonyl (C=O) groups excluding carboxylic acids is 1. The number of amides is 1. The number of hydrogen-bond acceptors (Lipinski definition) is 4. The second kappa shape index (κ2) is 5.54. The van der Waals surface area contributed by atoms with Crippen molar-refractivity contribution >= 4 is 11.6 Å². The average molecular weight is 268 g/mol. The van der Waals surface area contributed by atoms with Crippen LogP contribution in [0.25, 0.3) is 0 Å². The van der Waals surface area contributed by atoms with Crippen molar-refractivity contribution in [2.75, 3.05) is 24.7 Å². The van der Waals surface area contributed by atoms with Crippen LogP contribution in [0.5, 0.6) is 0 Å². The topological polar surface area (TPSA) is 75.8 Å². The molecule has 0 bridgehead atoms. The summed E-state index contributed by atoms with van der Waals surface area (Å²) in [6.45, 7) is 2.42. The zero-order valence-corrected chi connectivity index (χ0v) is 10.7. The van der Waals surface area contributed by atoms with Crippen molar-refractivity contribution in [2.45, 2.75) is 19.1 Å². The molecule has 2 rings (SSSR count). The molecule has 104 valence electrons. The van der Waals surface area contributed by atoms with Crippen molar-refractivity contribution in [3.05, 3.63) is 29.6 Å². The first-order valence-electron chi connectivity index (χ1n) is 6.12. The van der Waals surface area contributed by atoms with E-state index in [-0.39, 0.29) is 12.3 Å². The average Bonchev–Trinajstić information content (AvgIpc) is 2.38. The number of anilines is 1. The van der Waals surface area contributed by atoms with E-state index in [1.54, 1.807) is 17.9 Å². The molecule has 0 spiro atoms. The summed E-state index contributed by atoms with van der Waals surface area (Å²) in [5.74, 6) is -1.05. The van der Waals surface area contributed by atoms with Gasteiger partial charge in [0.15, 0.2) is 0 Å². The predicted molar refractivity (Wildman–Crippen MR) is 68.2 cm³/mol. The largest absolute Gasteiger partial charge is 0.389 e. The molecule has 1 aliphatic heterocycles. The van der Waals surface area contributed by atoms with E-state index in [1.807, 2.05) is 0 Å². The highest BCUT2D eigenvalue weighted by atomic mass is 19.1. The molecule has 0 saturated carbocycles. The lowest BCUT2D eigenvalue weighted by Gasteiger charge is -2.37. The van der Waals surface area contributed by atoms with Crippen LogP contribution in [0.2, 0.25) is 0 Å². The van der Waals surface area contributed by atoms with E-state index < -0.39 is 23.9 Å². The maximum absolute atomic E-state index is 14.1. The number of para-hydroxylation sites is 1. The van der Waals surface area contributed by atoms with Crippen molar-refractivity contribution in [1.82, 2.24) is 0 Å². The van der Waals surface area contributed by atoms with Crippen LogP contribution in [0.1, 0.15) is 18.6 Å². The van der Waals surface area contributed by atoms with Crippen LogP contribution in [0.3, 0.4) is 0 Å². The van der Waals surface area contributed by atoms with Crippen LogP contribution in [-0.2, 0) is 9.53 Å². The predicted octanol–water partition coefficient (Wildman–Crippen LogP) is 0.569. The van der Waals surface area contributed by atoms with Gasteiger partial charge in [-0.2, -0.15) is 0 Å². The number of nitrogens with two attached hydrogens (primary N) is 1. The maximum atomic E-state index is 14.1. The zero-order chi connectivity index (χ0) is 14.0. The van der Waals surface area contributed by atoms with Gasteiger partial charge in [0.2, 0.25) is 5.91 Å². The molecule has 3 N–H and O–H groups in total. The summed E-state index contributed by atoms with van der Waals surface area (Å²) >= 11 is 0. The van der Waals surface area contributed by atoms with Gasteiger partial charge in [0.1, 0.15) is 11.9 Å². The summed E-state index contributed by atoms with van der Waals surface area (Å²) in [6.07, 6.45) is -0.831. The highest BCUT2D eigenvalue weighted by Gasteiger charge is 2.31. The Bertz CT molecular complexity index is 479. The maximum Gasteiger partial charge on any atom is 0.242 e. The number of benzene rings is 1. The highest BCUT2D eigenvalue weighted by molar-refractivity contribution is 5.84. The quantitative estimate of drug-likeness (QED) is 0.840. The second-order valence-electron chi connectivity index (χ2n) is 4.54. The number of hydrogen-bond donors (Lipinski definition) is 2. The van der Waals surface area contributed by atoms with Crippen LogP contribution in [0.15, 0.2) is 18.2 Å². The fourth-order valence-electron chi connectivity index (χ4n) is 2.28. The smallest absolute Gasteiger partial charge is 0.242 e. The molecule has 1 aromatic rings. The Hall–Kier alpha value is -1.66. The molecule has 0 radical (unpaired) electrons. The third-order valence-corrected chi connectivity index (χ3v) is 3.21. The molecule has 1 amide bonds. The Morgan fingerprint density at radius 3 is 3.00 bits per heavy atom. The van der Waals surface area contributed by atoms with E-state index in [4.69, 9.17) is 10.5 Å². The van der Waals surface area contributed by atoms with Gasteiger partial charge in [-0.3, -0.25) is 4.79 Å². The number of morpholine rings is 1. The molecular weight excluding hydrogens is 251 g/mol. The Kier molecular flexibility index (Phi) is 4.01. The molecule has 2 atom stereocenters. The minimum absolute atomic E-state index is 0.128. The number of halogens is 1. The van der Waals surface area contributed by atoms with Crippen LogP contribution in [0.4, 0.5) is 10.1 Å². The normalized spacial score (nSPS) is 21.2. The summed E-state index contributed by atoms with van der Waals surface area (Å²) in [5, 5.41) is 9.74. The SMILES string of the molecule is C[C@H](O)c1cccc(F)c1N1CCOCC1C(N)=O. The fourth-order valence-corrected chi connectivity index (χ4v) is 2.28. The second-order valence-corrected chi connectivity index (χ2v) is 4.54. The number of aliphatic hydroxyl groups excluding tert-OH is 1. The van der Waals surface area contributed by atoms with Crippen molar-refractivity contribution in [2.24, 2.45) is 5.73 Å². The number of rotatable bonds is 3. The minimum atomic E-state index is -0.831. The summed E-state index contributed by atoms with van der Waals surface area (Å²) in [4.78, 5) is 13.0. The fraction of sp³-hybridized carbons (Fsp3) is 0.462. The zero-order valence-electron chi connectivity index (χ0n) is 10.7. The number of aliphatic hydroxyl groups is 1. The van der Waals surface area contributed by atoms with Gasteiger partial charge in [0.25, 0.3) is 0 Å². The lowest BCUT2D eigenvalue weighted by Crippen LogP contribution is -2.53. The molecule has 5 nitrogen and oxygen atoms in total. The van der Waals surface area contributed by atoms with Crippen molar-refractivity contribution in [3.63, 3.8) is 0 Å². The van der Waals surface area contributed by atoms with Gasteiger partial charge in [-0.1, -0.05) is 12.1 Å². The van der Waals surface area contributed by atoms with Gasteiger partial charge in [0, 0.05) is 12.1 Å². The highest BCUT2D eigenvalue weighted by Crippen LogP contribution is 2.31. The Morgan fingerprint density at radius 2 is 2.37 bits per heavy atom. The van der Waals surface area contributed by atoms with Crippen LogP contribution in [0, 0.1) is 5.82 Å². The lowest BCUT2D eigenvalue weighted by atomic mass is 10.0. The Balaban J connectivity index is 2.46.